The van der Waals surface area contributed by atoms with Crippen LogP contribution in [0, 0.1) is 5.41 Å². The Morgan fingerprint density at radius 2 is 1.89 bits per heavy atom. The van der Waals surface area contributed by atoms with Crippen molar-refractivity contribution in [1.29, 1.82) is 0 Å². The Bertz CT molecular complexity index is 482. The van der Waals surface area contributed by atoms with Crippen molar-refractivity contribution >= 4 is 5.69 Å². The maximum Gasteiger partial charge on any atom is 0.0565 e. The molecule has 1 aliphatic heterocycles. The standard InChI is InChI=1S/C16H23NO/c1-15(2)10-11(18)9-14-16(15,3)12-7-5-6-8-13(12)17(14)4/h5-8,11,14,18H,9-10H2,1-4H3/t11?,14-,16-/m1/s1. The van der Waals surface area contributed by atoms with Crippen LogP contribution in [0.15, 0.2) is 24.3 Å². The molecule has 98 valence electrons. The molecule has 1 saturated carbocycles. The number of rotatable bonds is 0. The summed E-state index contributed by atoms with van der Waals surface area (Å²) in [4.78, 5) is 2.37. The van der Waals surface area contributed by atoms with Crippen molar-refractivity contribution in [1.82, 2.24) is 0 Å². The van der Waals surface area contributed by atoms with Gasteiger partial charge in [-0.05, 0) is 29.9 Å². The maximum absolute atomic E-state index is 10.2. The summed E-state index contributed by atoms with van der Waals surface area (Å²) in [7, 11) is 2.17. The summed E-state index contributed by atoms with van der Waals surface area (Å²) < 4.78 is 0. The molecule has 0 saturated heterocycles. The van der Waals surface area contributed by atoms with Crippen LogP contribution < -0.4 is 4.90 Å². The summed E-state index contributed by atoms with van der Waals surface area (Å²) >= 11 is 0. The number of nitrogens with zero attached hydrogens (tertiary/aromatic N) is 1. The average molecular weight is 245 g/mol. The summed E-state index contributed by atoms with van der Waals surface area (Å²) in [6, 6.07) is 9.14. The molecule has 1 heterocycles. The van der Waals surface area contributed by atoms with Gasteiger partial charge in [0.05, 0.1) is 6.10 Å². The van der Waals surface area contributed by atoms with Crippen LogP contribution in [0.1, 0.15) is 39.2 Å². The number of hydrogen-bond donors (Lipinski definition) is 1. The molecule has 1 aromatic carbocycles. The van der Waals surface area contributed by atoms with E-state index >= 15 is 0 Å². The number of para-hydroxylation sites is 1. The lowest BCUT2D eigenvalue weighted by molar-refractivity contribution is -0.000564. The van der Waals surface area contributed by atoms with Crippen molar-refractivity contribution in [2.75, 3.05) is 11.9 Å². The SMILES string of the molecule is CN1c2ccccc2[C@]2(C)[C@H]1CC(O)CC2(C)C. The summed E-state index contributed by atoms with van der Waals surface area (Å²) in [6.45, 7) is 6.99. The predicted octanol–water partition coefficient (Wildman–Crippen LogP) is 2.94. The number of fused-ring (bicyclic) bond motifs is 3. The van der Waals surface area contributed by atoms with Crippen LogP contribution in [-0.2, 0) is 5.41 Å². The molecule has 1 aliphatic carbocycles. The molecule has 0 bridgehead atoms. The molecule has 1 unspecified atom stereocenters. The van der Waals surface area contributed by atoms with E-state index in [0.29, 0.717) is 6.04 Å². The van der Waals surface area contributed by atoms with Gasteiger partial charge in [-0.3, -0.25) is 0 Å². The van der Waals surface area contributed by atoms with Gasteiger partial charge < -0.3 is 10.0 Å². The molecule has 1 N–H and O–H groups in total. The van der Waals surface area contributed by atoms with Gasteiger partial charge in [0, 0.05) is 24.2 Å². The number of aliphatic hydroxyl groups is 1. The molecule has 1 aromatic rings. The monoisotopic (exact) mass is 245 g/mol. The second-order valence-electron chi connectivity index (χ2n) is 6.82. The Kier molecular flexibility index (Phi) is 2.34. The molecule has 0 spiro atoms. The molecule has 1 fully saturated rings. The van der Waals surface area contributed by atoms with E-state index in [1.165, 1.54) is 11.3 Å². The number of anilines is 1. The smallest absolute Gasteiger partial charge is 0.0565 e. The topological polar surface area (TPSA) is 23.5 Å². The lowest BCUT2D eigenvalue weighted by atomic mass is 9.54. The third-order valence-corrected chi connectivity index (χ3v) is 5.62. The second-order valence-corrected chi connectivity index (χ2v) is 6.82. The number of aliphatic hydroxyl groups excluding tert-OH is 1. The van der Waals surface area contributed by atoms with Crippen LogP contribution in [0.5, 0.6) is 0 Å². The Morgan fingerprint density at radius 1 is 1.22 bits per heavy atom. The summed E-state index contributed by atoms with van der Waals surface area (Å²) in [6.07, 6.45) is 1.60. The molecule has 2 heteroatoms. The fourth-order valence-corrected chi connectivity index (χ4v) is 4.31. The van der Waals surface area contributed by atoms with Crippen molar-refractivity contribution in [3.05, 3.63) is 29.8 Å². The first-order chi connectivity index (χ1) is 8.38. The van der Waals surface area contributed by atoms with E-state index in [1.807, 2.05) is 0 Å². The van der Waals surface area contributed by atoms with Gasteiger partial charge in [-0.15, -0.1) is 0 Å². The van der Waals surface area contributed by atoms with E-state index in [-0.39, 0.29) is 16.9 Å². The minimum absolute atomic E-state index is 0.121. The van der Waals surface area contributed by atoms with Gasteiger partial charge in [0.2, 0.25) is 0 Å². The lowest BCUT2D eigenvalue weighted by Gasteiger charge is -2.52. The van der Waals surface area contributed by atoms with Gasteiger partial charge in [0.25, 0.3) is 0 Å². The van der Waals surface area contributed by atoms with Crippen molar-refractivity contribution in [2.45, 2.75) is 51.2 Å². The van der Waals surface area contributed by atoms with Crippen LogP contribution in [0.25, 0.3) is 0 Å². The Hall–Kier alpha value is -1.02. The average Bonchev–Trinajstić information content (AvgIpc) is 2.52. The predicted molar refractivity (Wildman–Crippen MR) is 75.0 cm³/mol. The number of benzene rings is 1. The molecule has 3 atom stereocenters. The van der Waals surface area contributed by atoms with Crippen LogP contribution in [0.4, 0.5) is 5.69 Å². The first-order valence-electron chi connectivity index (χ1n) is 6.88. The molecular formula is C16H23NO. The summed E-state index contributed by atoms with van der Waals surface area (Å²) in [5.74, 6) is 0. The Labute approximate surface area is 110 Å². The first-order valence-corrected chi connectivity index (χ1v) is 6.88. The zero-order chi connectivity index (χ0) is 13.1. The van der Waals surface area contributed by atoms with Crippen molar-refractivity contribution in [3.63, 3.8) is 0 Å². The lowest BCUT2D eigenvalue weighted by Crippen LogP contribution is -2.56. The minimum Gasteiger partial charge on any atom is -0.393 e. The van der Waals surface area contributed by atoms with E-state index in [9.17, 15) is 5.11 Å². The van der Waals surface area contributed by atoms with Gasteiger partial charge >= 0.3 is 0 Å². The van der Waals surface area contributed by atoms with Crippen LogP contribution in [0.3, 0.4) is 0 Å². The fraction of sp³-hybridized carbons (Fsp3) is 0.625. The molecule has 18 heavy (non-hydrogen) atoms. The highest BCUT2D eigenvalue weighted by molar-refractivity contribution is 5.65. The van der Waals surface area contributed by atoms with Gasteiger partial charge in [0.15, 0.2) is 0 Å². The molecular weight excluding hydrogens is 222 g/mol. The van der Waals surface area contributed by atoms with Crippen LogP contribution >= 0.6 is 0 Å². The quantitative estimate of drug-likeness (QED) is 0.759. The van der Waals surface area contributed by atoms with E-state index in [1.54, 1.807) is 0 Å². The van der Waals surface area contributed by atoms with E-state index in [0.717, 1.165) is 12.8 Å². The van der Waals surface area contributed by atoms with Crippen molar-refractivity contribution in [3.8, 4) is 0 Å². The highest BCUT2D eigenvalue weighted by Gasteiger charge is 2.58. The number of likely N-dealkylation sites (N-methyl/N-ethyl adjacent to an activating group) is 1. The Balaban J connectivity index is 2.20. The zero-order valence-corrected chi connectivity index (χ0v) is 11.8. The fourth-order valence-electron chi connectivity index (χ4n) is 4.31. The van der Waals surface area contributed by atoms with Crippen LogP contribution in [-0.4, -0.2) is 24.3 Å². The highest BCUT2D eigenvalue weighted by atomic mass is 16.3. The van der Waals surface area contributed by atoms with E-state index < -0.39 is 0 Å². The molecule has 0 amide bonds. The Morgan fingerprint density at radius 3 is 2.61 bits per heavy atom. The van der Waals surface area contributed by atoms with Gasteiger partial charge in [-0.1, -0.05) is 39.0 Å². The molecule has 3 rings (SSSR count). The van der Waals surface area contributed by atoms with Gasteiger partial charge in [-0.25, -0.2) is 0 Å². The van der Waals surface area contributed by atoms with Crippen LogP contribution in [0.2, 0.25) is 0 Å². The highest BCUT2D eigenvalue weighted by Crippen LogP contribution is 2.59. The van der Waals surface area contributed by atoms with E-state index in [2.05, 4.69) is 57.0 Å². The zero-order valence-electron chi connectivity index (χ0n) is 11.8. The van der Waals surface area contributed by atoms with Gasteiger partial charge in [-0.2, -0.15) is 0 Å². The minimum atomic E-state index is -0.171. The van der Waals surface area contributed by atoms with Gasteiger partial charge in [0.1, 0.15) is 0 Å². The number of hydrogen-bond acceptors (Lipinski definition) is 2. The maximum atomic E-state index is 10.2. The van der Waals surface area contributed by atoms with E-state index in [4.69, 9.17) is 0 Å². The normalized spacial score (nSPS) is 37.3. The molecule has 0 radical (unpaired) electrons. The third kappa shape index (κ3) is 1.27. The second kappa shape index (κ2) is 3.51. The molecule has 2 nitrogen and oxygen atoms in total. The first kappa shape index (κ1) is 12.0. The molecule has 2 aliphatic rings. The largest absolute Gasteiger partial charge is 0.393 e. The van der Waals surface area contributed by atoms with Crippen molar-refractivity contribution in [2.24, 2.45) is 5.41 Å². The van der Waals surface area contributed by atoms with Crippen molar-refractivity contribution < 1.29 is 5.11 Å². The molecule has 0 aromatic heterocycles. The summed E-state index contributed by atoms with van der Waals surface area (Å²) in [5, 5.41) is 10.2. The summed E-state index contributed by atoms with van der Waals surface area (Å²) in [5.41, 5.74) is 3.05. The third-order valence-electron chi connectivity index (χ3n) is 5.62.